The first-order valence-corrected chi connectivity index (χ1v) is 8.59. The van der Waals surface area contributed by atoms with Crippen molar-refractivity contribution in [1.82, 2.24) is 5.43 Å². The highest BCUT2D eigenvalue weighted by Crippen LogP contribution is 2.22. The van der Waals surface area contributed by atoms with E-state index in [1.807, 2.05) is 63.2 Å². The molecule has 0 aliphatic heterocycles. The van der Waals surface area contributed by atoms with Gasteiger partial charge in [-0.05, 0) is 44.4 Å². The zero-order valence-electron chi connectivity index (χ0n) is 15.7. The molecule has 2 N–H and O–H groups in total. The number of carbonyl (C=O) groups is 2. The summed E-state index contributed by atoms with van der Waals surface area (Å²) in [6.45, 7) is 7.69. The Morgan fingerprint density at radius 2 is 1.58 bits per heavy atom. The predicted octanol–water partition coefficient (Wildman–Crippen LogP) is 3.68. The molecule has 0 aliphatic rings. The molecule has 0 atom stereocenters. The van der Waals surface area contributed by atoms with Crippen molar-refractivity contribution in [1.29, 1.82) is 0 Å². The molecule has 2 aromatic rings. The highest BCUT2D eigenvalue weighted by Gasteiger charge is 2.10. The SMILES string of the molecule is C/C(CC(=O)Nc1c(C)cc(C)cc1C)=N/NC(=O)Cc1ccccc1. The standard InChI is InChI=1S/C21H25N3O2/c1-14-10-15(2)21(16(3)11-14)22-19(25)12-17(4)23-24-20(26)13-18-8-6-5-7-9-18/h5-11H,12-13H2,1-4H3,(H,22,25)(H,24,26)/b23-17-. The van der Waals surface area contributed by atoms with E-state index in [4.69, 9.17) is 0 Å². The van der Waals surface area contributed by atoms with Crippen LogP contribution >= 0.6 is 0 Å². The molecular weight excluding hydrogens is 326 g/mol. The van der Waals surface area contributed by atoms with Crippen LogP contribution in [0, 0.1) is 20.8 Å². The predicted molar refractivity (Wildman–Crippen MR) is 105 cm³/mol. The second-order valence-corrected chi connectivity index (χ2v) is 6.54. The van der Waals surface area contributed by atoms with E-state index in [1.165, 1.54) is 0 Å². The molecule has 0 saturated carbocycles. The minimum Gasteiger partial charge on any atom is -0.325 e. The summed E-state index contributed by atoms with van der Waals surface area (Å²) in [5.41, 5.74) is 8.02. The summed E-state index contributed by atoms with van der Waals surface area (Å²) in [4.78, 5) is 24.1. The smallest absolute Gasteiger partial charge is 0.244 e. The number of hydrazone groups is 1. The van der Waals surface area contributed by atoms with Crippen LogP contribution in [0.4, 0.5) is 5.69 Å². The minimum atomic E-state index is -0.207. The molecule has 0 spiro atoms. The van der Waals surface area contributed by atoms with Gasteiger partial charge in [0, 0.05) is 11.4 Å². The van der Waals surface area contributed by atoms with Gasteiger partial charge in [0.25, 0.3) is 0 Å². The molecule has 0 aliphatic carbocycles. The monoisotopic (exact) mass is 351 g/mol. The zero-order valence-corrected chi connectivity index (χ0v) is 15.7. The van der Waals surface area contributed by atoms with Gasteiger partial charge in [-0.3, -0.25) is 9.59 Å². The number of hydrogen-bond acceptors (Lipinski definition) is 3. The lowest BCUT2D eigenvalue weighted by Gasteiger charge is -2.12. The minimum absolute atomic E-state index is 0.123. The molecule has 2 rings (SSSR count). The molecule has 0 saturated heterocycles. The third-order valence-electron chi connectivity index (χ3n) is 3.94. The van der Waals surface area contributed by atoms with E-state index < -0.39 is 0 Å². The Morgan fingerprint density at radius 3 is 2.19 bits per heavy atom. The van der Waals surface area contributed by atoms with Crippen molar-refractivity contribution < 1.29 is 9.59 Å². The Labute approximate surface area is 154 Å². The summed E-state index contributed by atoms with van der Waals surface area (Å²) in [5.74, 6) is -0.361. The lowest BCUT2D eigenvalue weighted by Crippen LogP contribution is -2.23. The Hall–Kier alpha value is -2.95. The summed E-state index contributed by atoms with van der Waals surface area (Å²) < 4.78 is 0. The highest BCUT2D eigenvalue weighted by atomic mass is 16.2. The van der Waals surface area contributed by atoms with Gasteiger partial charge in [-0.25, -0.2) is 5.43 Å². The summed E-state index contributed by atoms with van der Waals surface area (Å²) >= 11 is 0. The largest absolute Gasteiger partial charge is 0.325 e. The second kappa shape index (κ2) is 8.94. The van der Waals surface area contributed by atoms with Gasteiger partial charge >= 0.3 is 0 Å². The lowest BCUT2D eigenvalue weighted by atomic mass is 10.0. The Kier molecular flexibility index (Phi) is 6.67. The Balaban J connectivity index is 1.88. The van der Waals surface area contributed by atoms with E-state index in [1.54, 1.807) is 6.92 Å². The topological polar surface area (TPSA) is 70.6 Å². The van der Waals surface area contributed by atoms with Gasteiger partial charge in [0.2, 0.25) is 11.8 Å². The number of carbonyl (C=O) groups excluding carboxylic acids is 2. The summed E-state index contributed by atoms with van der Waals surface area (Å²) in [7, 11) is 0. The number of hydrogen-bond donors (Lipinski definition) is 2. The number of anilines is 1. The van der Waals surface area contributed by atoms with Gasteiger partial charge in [-0.1, -0.05) is 48.0 Å². The van der Waals surface area contributed by atoms with Crippen molar-refractivity contribution in [2.75, 3.05) is 5.32 Å². The maximum Gasteiger partial charge on any atom is 0.244 e. The number of nitrogens with zero attached hydrogens (tertiary/aromatic N) is 1. The van der Waals surface area contributed by atoms with Crippen molar-refractivity contribution in [3.63, 3.8) is 0 Å². The van der Waals surface area contributed by atoms with Gasteiger partial charge < -0.3 is 5.32 Å². The van der Waals surface area contributed by atoms with E-state index in [0.717, 1.165) is 27.9 Å². The molecule has 0 unspecified atom stereocenters. The van der Waals surface area contributed by atoms with Crippen LogP contribution < -0.4 is 10.7 Å². The first-order valence-electron chi connectivity index (χ1n) is 8.59. The number of amides is 2. The third-order valence-corrected chi connectivity index (χ3v) is 3.94. The number of nitrogens with one attached hydrogen (secondary N) is 2. The Bertz CT molecular complexity index is 803. The normalized spacial score (nSPS) is 11.2. The lowest BCUT2D eigenvalue weighted by molar-refractivity contribution is -0.120. The van der Waals surface area contributed by atoms with Crippen LogP contribution in [-0.4, -0.2) is 17.5 Å². The number of benzene rings is 2. The first kappa shape index (κ1) is 19.4. The third kappa shape index (κ3) is 5.84. The van der Waals surface area contributed by atoms with E-state index in [-0.39, 0.29) is 24.7 Å². The van der Waals surface area contributed by atoms with Gasteiger partial charge in [0.05, 0.1) is 12.8 Å². The van der Waals surface area contributed by atoms with Crippen LogP contribution in [0.1, 0.15) is 35.6 Å². The molecule has 0 fully saturated rings. The van der Waals surface area contributed by atoms with Crippen LogP contribution in [-0.2, 0) is 16.0 Å². The van der Waals surface area contributed by atoms with Crippen molar-refractivity contribution in [2.45, 2.75) is 40.5 Å². The van der Waals surface area contributed by atoms with E-state index in [2.05, 4.69) is 15.8 Å². The average molecular weight is 351 g/mol. The summed E-state index contributed by atoms with van der Waals surface area (Å²) in [6.07, 6.45) is 0.379. The average Bonchev–Trinajstić information content (AvgIpc) is 2.57. The maximum atomic E-state index is 12.2. The fourth-order valence-corrected chi connectivity index (χ4v) is 2.81. The van der Waals surface area contributed by atoms with E-state index in [9.17, 15) is 9.59 Å². The van der Waals surface area contributed by atoms with Crippen molar-refractivity contribution in [3.05, 3.63) is 64.7 Å². The molecule has 0 aromatic heterocycles. The maximum absolute atomic E-state index is 12.2. The van der Waals surface area contributed by atoms with Crippen molar-refractivity contribution >= 4 is 23.2 Å². The number of rotatable bonds is 6. The molecule has 0 heterocycles. The van der Waals surface area contributed by atoms with E-state index >= 15 is 0 Å². The summed E-state index contributed by atoms with van der Waals surface area (Å²) in [5, 5.41) is 6.95. The second-order valence-electron chi connectivity index (χ2n) is 6.54. The first-order chi connectivity index (χ1) is 12.3. The quantitative estimate of drug-likeness (QED) is 0.616. The van der Waals surface area contributed by atoms with Crippen LogP contribution in [0.15, 0.2) is 47.6 Å². The molecule has 0 radical (unpaired) electrons. The van der Waals surface area contributed by atoms with Crippen LogP contribution in [0.5, 0.6) is 0 Å². The molecule has 136 valence electrons. The molecule has 2 amide bonds. The molecule has 5 nitrogen and oxygen atoms in total. The van der Waals surface area contributed by atoms with Gasteiger partial charge in [-0.2, -0.15) is 5.10 Å². The fraction of sp³-hybridized carbons (Fsp3) is 0.286. The van der Waals surface area contributed by atoms with Crippen molar-refractivity contribution in [2.24, 2.45) is 5.10 Å². The molecule has 5 heteroatoms. The number of aryl methyl sites for hydroxylation is 3. The van der Waals surface area contributed by atoms with E-state index in [0.29, 0.717) is 5.71 Å². The van der Waals surface area contributed by atoms with Crippen LogP contribution in [0.2, 0.25) is 0 Å². The fourth-order valence-electron chi connectivity index (χ4n) is 2.81. The Morgan fingerprint density at radius 1 is 0.962 bits per heavy atom. The van der Waals surface area contributed by atoms with Crippen molar-refractivity contribution in [3.8, 4) is 0 Å². The van der Waals surface area contributed by atoms with Crippen LogP contribution in [0.3, 0.4) is 0 Å². The van der Waals surface area contributed by atoms with Gasteiger partial charge in [-0.15, -0.1) is 0 Å². The molecule has 0 bridgehead atoms. The van der Waals surface area contributed by atoms with Gasteiger partial charge in [0.15, 0.2) is 0 Å². The molecular formula is C21H25N3O2. The van der Waals surface area contributed by atoms with Crippen LogP contribution in [0.25, 0.3) is 0 Å². The molecule has 26 heavy (non-hydrogen) atoms. The van der Waals surface area contributed by atoms with Gasteiger partial charge in [0.1, 0.15) is 0 Å². The highest BCUT2D eigenvalue weighted by molar-refractivity contribution is 6.06. The zero-order chi connectivity index (χ0) is 19.1. The molecule has 2 aromatic carbocycles. The summed E-state index contributed by atoms with van der Waals surface area (Å²) in [6, 6.07) is 13.5.